The molecule has 0 bridgehead atoms. The molecule has 0 aliphatic rings. The highest BCUT2D eigenvalue weighted by molar-refractivity contribution is 7.40. The van der Waals surface area contributed by atoms with E-state index in [-0.39, 0.29) is 0 Å². The van der Waals surface area contributed by atoms with Crippen LogP contribution in [-0.2, 0) is 0 Å². The van der Waals surface area contributed by atoms with E-state index in [1.807, 2.05) is 12.1 Å². The van der Waals surface area contributed by atoms with Crippen LogP contribution in [0.2, 0.25) is 0 Å². The van der Waals surface area contributed by atoms with Gasteiger partial charge in [-0.15, -0.1) is 34.0 Å². The van der Waals surface area contributed by atoms with Crippen LogP contribution in [0.4, 0.5) is 10.0 Å². The molecule has 3 aromatic heterocycles. The van der Waals surface area contributed by atoms with Crippen LogP contribution in [0.5, 0.6) is 0 Å². The van der Waals surface area contributed by atoms with Gasteiger partial charge in [-0.05, 0) is 12.1 Å². The topological polar surface area (TPSA) is 52.0 Å². The van der Waals surface area contributed by atoms with E-state index in [2.05, 4.69) is 0 Å². The van der Waals surface area contributed by atoms with Crippen molar-refractivity contribution in [3.63, 3.8) is 0 Å². The highest BCUT2D eigenvalue weighted by Gasteiger charge is 2.10. The minimum atomic E-state index is 0.884. The zero-order valence-corrected chi connectivity index (χ0v) is 8.98. The van der Waals surface area contributed by atoms with Gasteiger partial charge in [-0.2, -0.15) is 0 Å². The number of thiophene rings is 3. The molecule has 4 N–H and O–H groups in total. The normalized spacial score (nSPS) is 11.7. The van der Waals surface area contributed by atoms with E-state index in [1.54, 1.807) is 34.0 Å². The molecule has 0 saturated carbocycles. The second-order valence-electron chi connectivity index (χ2n) is 2.79. The third-order valence-electron chi connectivity index (χ3n) is 1.86. The molecule has 3 aromatic rings. The lowest BCUT2D eigenvalue weighted by molar-refractivity contribution is 2.02. The first-order valence-electron chi connectivity index (χ1n) is 3.71. The van der Waals surface area contributed by atoms with Crippen molar-refractivity contribution in [2.24, 2.45) is 0 Å². The molecule has 0 atom stereocenters. The Balaban J connectivity index is 2.56. The third kappa shape index (κ3) is 0.979. The summed E-state index contributed by atoms with van der Waals surface area (Å²) in [6, 6.07) is 4.07. The van der Waals surface area contributed by atoms with Crippen LogP contribution in [0.25, 0.3) is 18.8 Å². The molecule has 0 aliphatic carbocycles. The van der Waals surface area contributed by atoms with Crippen LogP contribution in [0, 0.1) is 0 Å². The molecule has 0 radical (unpaired) electrons. The predicted octanol–water partition coefficient (Wildman–Crippen LogP) is 3.34. The van der Waals surface area contributed by atoms with Crippen molar-refractivity contribution in [1.29, 1.82) is 0 Å². The lowest BCUT2D eigenvalue weighted by Gasteiger charge is -1.76. The maximum atomic E-state index is 5.73. The van der Waals surface area contributed by atoms with Gasteiger partial charge in [0, 0.05) is 9.40 Å². The molecule has 66 valence electrons. The molecule has 0 unspecified atom stereocenters. The van der Waals surface area contributed by atoms with Gasteiger partial charge in [0.25, 0.3) is 0 Å². The van der Waals surface area contributed by atoms with Gasteiger partial charge in [-0.25, -0.2) is 0 Å². The average Bonchev–Trinajstić information content (AvgIpc) is 2.60. The predicted molar refractivity (Wildman–Crippen MR) is 63.9 cm³/mol. The number of hydrogen-bond acceptors (Lipinski definition) is 5. The van der Waals surface area contributed by atoms with Crippen LogP contribution in [0.1, 0.15) is 0 Å². The Kier molecular flexibility index (Phi) is 1.39. The maximum absolute atomic E-state index is 5.73. The Morgan fingerprint density at radius 2 is 1.23 bits per heavy atom. The Morgan fingerprint density at radius 1 is 0.769 bits per heavy atom. The van der Waals surface area contributed by atoms with Crippen molar-refractivity contribution in [1.82, 2.24) is 0 Å². The minimum absolute atomic E-state index is 0.884. The second kappa shape index (κ2) is 2.37. The lowest BCUT2D eigenvalue weighted by Crippen LogP contribution is -1.72. The van der Waals surface area contributed by atoms with Gasteiger partial charge >= 0.3 is 0 Å². The van der Waals surface area contributed by atoms with Gasteiger partial charge in [0.1, 0.15) is 0 Å². The Morgan fingerprint density at radius 3 is 1.69 bits per heavy atom. The fourth-order valence-corrected chi connectivity index (χ4v) is 4.95. The van der Waals surface area contributed by atoms with Crippen molar-refractivity contribution in [2.45, 2.75) is 0 Å². The first-order valence-corrected chi connectivity index (χ1v) is 6.16. The van der Waals surface area contributed by atoms with Gasteiger partial charge < -0.3 is 11.5 Å². The molecule has 3 heterocycles. The Bertz CT molecular complexity index is 536. The van der Waals surface area contributed by atoms with E-state index in [0.29, 0.717) is 0 Å². The van der Waals surface area contributed by atoms with Crippen LogP contribution >= 0.6 is 34.0 Å². The lowest BCUT2D eigenvalue weighted by atomic mass is 10.5. The number of rotatable bonds is 0. The average molecular weight is 226 g/mol. The highest BCUT2D eigenvalue weighted by atomic mass is 32.1. The number of nitrogen functional groups attached to an aromatic ring is 2. The summed E-state index contributed by atoms with van der Waals surface area (Å²) in [5, 5.41) is 1.77. The number of fused-ring (bicyclic) bond motifs is 3. The minimum Gasteiger partial charge on any atom is -0.391 e. The summed E-state index contributed by atoms with van der Waals surface area (Å²) in [6.07, 6.45) is 0. The number of hydrogen-bond donors (Lipinski definition) is 2. The summed E-state index contributed by atoms with van der Waals surface area (Å²) < 4.78 is 5.14. The standard InChI is InChI=1S/C8H6N2S3/c9-5-1-3-7(12-5)8-4(11-3)2-6(10)13-8/h1-2H,9-10H2. The molecule has 0 saturated heterocycles. The Hall–Kier alpha value is -0.780. The molecular formula is C8H6N2S3. The van der Waals surface area contributed by atoms with Crippen LogP contribution in [-0.4, -0.2) is 0 Å². The summed E-state index contributed by atoms with van der Waals surface area (Å²) in [7, 11) is 0. The molecule has 2 nitrogen and oxygen atoms in total. The summed E-state index contributed by atoms with van der Waals surface area (Å²) >= 11 is 5.05. The van der Waals surface area contributed by atoms with Gasteiger partial charge in [-0.1, -0.05) is 0 Å². The molecule has 0 spiro atoms. The largest absolute Gasteiger partial charge is 0.391 e. The third-order valence-corrected chi connectivity index (χ3v) is 5.30. The molecule has 0 aliphatic heterocycles. The van der Waals surface area contributed by atoms with E-state index >= 15 is 0 Å². The van der Waals surface area contributed by atoms with Crippen molar-refractivity contribution in [2.75, 3.05) is 11.5 Å². The molecule has 5 heteroatoms. The molecule has 13 heavy (non-hydrogen) atoms. The van der Waals surface area contributed by atoms with E-state index in [1.165, 1.54) is 18.8 Å². The van der Waals surface area contributed by atoms with Gasteiger partial charge in [0.2, 0.25) is 0 Å². The summed E-state index contributed by atoms with van der Waals surface area (Å²) in [5.41, 5.74) is 11.5. The van der Waals surface area contributed by atoms with Crippen LogP contribution in [0.3, 0.4) is 0 Å². The fourth-order valence-electron chi connectivity index (χ4n) is 1.37. The zero-order chi connectivity index (χ0) is 9.00. The first kappa shape index (κ1) is 7.61. The van der Waals surface area contributed by atoms with Crippen molar-refractivity contribution >= 4 is 62.8 Å². The summed E-state index contributed by atoms with van der Waals surface area (Å²) in [6.45, 7) is 0. The number of anilines is 2. The molecule has 0 amide bonds. The van der Waals surface area contributed by atoms with E-state index in [9.17, 15) is 0 Å². The van der Waals surface area contributed by atoms with Gasteiger partial charge in [-0.3, -0.25) is 0 Å². The fraction of sp³-hybridized carbons (Fsp3) is 0. The SMILES string of the molecule is Nc1cc2sc3cc(N)sc3c2s1. The van der Waals surface area contributed by atoms with Gasteiger partial charge in [0.15, 0.2) is 0 Å². The zero-order valence-electron chi connectivity index (χ0n) is 6.53. The first-order chi connectivity index (χ1) is 6.24. The molecule has 0 aromatic carbocycles. The van der Waals surface area contributed by atoms with Crippen LogP contribution in [0.15, 0.2) is 12.1 Å². The van der Waals surface area contributed by atoms with Crippen molar-refractivity contribution < 1.29 is 0 Å². The quantitative estimate of drug-likeness (QED) is 0.617. The van der Waals surface area contributed by atoms with E-state index in [0.717, 1.165) is 10.0 Å². The van der Waals surface area contributed by atoms with E-state index < -0.39 is 0 Å². The molecule has 3 rings (SSSR count). The van der Waals surface area contributed by atoms with E-state index in [4.69, 9.17) is 11.5 Å². The Labute approximate surface area is 86.4 Å². The number of nitrogens with two attached hydrogens (primary N) is 2. The monoisotopic (exact) mass is 226 g/mol. The highest BCUT2D eigenvalue weighted by Crippen LogP contribution is 2.44. The smallest absolute Gasteiger partial charge is 0.0877 e. The van der Waals surface area contributed by atoms with Crippen LogP contribution < -0.4 is 11.5 Å². The van der Waals surface area contributed by atoms with Gasteiger partial charge in [0.05, 0.1) is 19.4 Å². The van der Waals surface area contributed by atoms with Crippen molar-refractivity contribution in [3.8, 4) is 0 Å². The molecule has 0 fully saturated rings. The van der Waals surface area contributed by atoms with Crippen molar-refractivity contribution in [3.05, 3.63) is 12.1 Å². The molecular weight excluding hydrogens is 220 g/mol. The summed E-state index contributed by atoms with van der Waals surface area (Å²) in [5.74, 6) is 0. The maximum Gasteiger partial charge on any atom is 0.0877 e. The second-order valence-corrected chi connectivity index (χ2v) is 6.04. The summed E-state index contributed by atoms with van der Waals surface area (Å²) in [4.78, 5) is 0.